The van der Waals surface area contributed by atoms with Crippen molar-refractivity contribution in [2.45, 2.75) is 36.9 Å². The lowest BCUT2D eigenvalue weighted by molar-refractivity contribution is -0.127. The Morgan fingerprint density at radius 2 is 1.91 bits per heavy atom. The van der Waals surface area contributed by atoms with Crippen LogP contribution in [-0.2, 0) is 4.79 Å². The SMILES string of the molecule is O=C(CSc1ncc(-c2ccccc2)n1C1CC1)N1CCCC1. The number of imidazole rings is 1. The van der Waals surface area contributed by atoms with Crippen LogP contribution < -0.4 is 0 Å². The van der Waals surface area contributed by atoms with Gasteiger partial charge < -0.3 is 9.47 Å². The van der Waals surface area contributed by atoms with Crippen molar-refractivity contribution >= 4 is 17.7 Å². The molecule has 23 heavy (non-hydrogen) atoms. The van der Waals surface area contributed by atoms with Crippen molar-refractivity contribution in [1.82, 2.24) is 14.5 Å². The zero-order valence-electron chi connectivity index (χ0n) is 13.1. The predicted molar refractivity (Wildman–Crippen MR) is 92.5 cm³/mol. The van der Waals surface area contributed by atoms with Gasteiger partial charge in [-0.05, 0) is 31.2 Å². The van der Waals surface area contributed by atoms with Gasteiger partial charge >= 0.3 is 0 Å². The summed E-state index contributed by atoms with van der Waals surface area (Å²) in [7, 11) is 0. The van der Waals surface area contributed by atoms with Gasteiger partial charge in [0.05, 0.1) is 17.6 Å². The smallest absolute Gasteiger partial charge is 0.233 e. The van der Waals surface area contributed by atoms with E-state index >= 15 is 0 Å². The molecule has 0 atom stereocenters. The number of rotatable bonds is 5. The second-order valence-electron chi connectivity index (χ2n) is 6.27. The van der Waals surface area contributed by atoms with E-state index in [9.17, 15) is 4.79 Å². The van der Waals surface area contributed by atoms with E-state index in [0.29, 0.717) is 11.8 Å². The maximum atomic E-state index is 12.3. The number of thioether (sulfide) groups is 1. The number of hydrogen-bond donors (Lipinski definition) is 0. The largest absolute Gasteiger partial charge is 0.342 e. The molecule has 4 rings (SSSR count). The maximum Gasteiger partial charge on any atom is 0.233 e. The molecule has 1 aliphatic carbocycles. The van der Waals surface area contributed by atoms with Crippen LogP contribution in [0, 0.1) is 0 Å². The van der Waals surface area contributed by atoms with Crippen molar-refractivity contribution in [2.24, 2.45) is 0 Å². The molecule has 5 heteroatoms. The van der Waals surface area contributed by atoms with Gasteiger partial charge in [-0.2, -0.15) is 0 Å². The van der Waals surface area contributed by atoms with Gasteiger partial charge in [0, 0.05) is 19.1 Å². The van der Waals surface area contributed by atoms with E-state index in [1.54, 1.807) is 11.8 Å². The molecule has 2 fully saturated rings. The Morgan fingerprint density at radius 3 is 2.61 bits per heavy atom. The number of aromatic nitrogens is 2. The maximum absolute atomic E-state index is 12.3. The van der Waals surface area contributed by atoms with Crippen molar-refractivity contribution in [2.75, 3.05) is 18.8 Å². The summed E-state index contributed by atoms with van der Waals surface area (Å²) in [6.45, 7) is 1.84. The van der Waals surface area contributed by atoms with E-state index in [1.807, 2.05) is 17.2 Å². The number of nitrogens with zero attached hydrogens (tertiary/aromatic N) is 3. The number of hydrogen-bond acceptors (Lipinski definition) is 3. The van der Waals surface area contributed by atoms with Crippen molar-refractivity contribution in [3.8, 4) is 11.3 Å². The highest BCUT2D eigenvalue weighted by atomic mass is 32.2. The van der Waals surface area contributed by atoms with E-state index in [4.69, 9.17) is 0 Å². The Labute approximate surface area is 140 Å². The second-order valence-corrected chi connectivity index (χ2v) is 7.21. The highest BCUT2D eigenvalue weighted by Crippen LogP contribution is 2.41. The van der Waals surface area contributed by atoms with Gasteiger partial charge in [-0.15, -0.1) is 0 Å². The molecular formula is C18H21N3OS. The summed E-state index contributed by atoms with van der Waals surface area (Å²) >= 11 is 1.59. The van der Waals surface area contributed by atoms with Crippen molar-refractivity contribution < 1.29 is 4.79 Å². The zero-order valence-corrected chi connectivity index (χ0v) is 14.0. The molecule has 0 spiro atoms. The highest BCUT2D eigenvalue weighted by molar-refractivity contribution is 7.99. The summed E-state index contributed by atoms with van der Waals surface area (Å²) < 4.78 is 2.33. The van der Waals surface area contributed by atoms with E-state index in [1.165, 1.54) is 24.1 Å². The number of likely N-dealkylation sites (tertiary alicyclic amines) is 1. The molecule has 4 nitrogen and oxygen atoms in total. The van der Waals surface area contributed by atoms with Crippen LogP contribution >= 0.6 is 11.8 Å². The fraction of sp³-hybridized carbons (Fsp3) is 0.444. The molecule has 1 saturated heterocycles. The minimum Gasteiger partial charge on any atom is -0.342 e. The van der Waals surface area contributed by atoms with Crippen molar-refractivity contribution in [1.29, 1.82) is 0 Å². The minimum atomic E-state index is 0.249. The first-order valence-corrected chi connectivity index (χ1v) is 9.35. The fourth-order valence-electron chi connectivity index (χ4n) is 3.14. The molecule has 0 radical (unpaired) electrons. The van der Waals surface area contributed by atoms with Gasteiger partial charge in [0.1, 0.15) is 0 Å². The summed E-state index contributed by atoms with van der Waals surface area (Å²) in [6, 6.07) is 11.0. The molecule has 2 heterocycles. The van der Waals surface area contributed by atoms with Crippen LogP contribution in [-0.4, -0.2) is 39.2 Å². The first-order chi connectivity index (χ1) is 11.3. The van der Waals surface area contributed by atoms with Crippen molar-refractivity contribution in [3.05, 3.63) is 36.5 Å². The zero-order chi connectivity index (χ0) is 15.6. The third-order valence-corrected chi connectivity index (χ3v) is 5.48. The van der Waals surface area contributed by atoms with Gasteiger partial charge in [-0.1, -0.05) is 42.1 Å². The molecule has 1 amide bonds. The van der Waals surface area contributed by atoms with Crippen molar-refractivity contribution in [3.63, 3.8) is 0 Å². The second kappa shape index (κ2) is 6.40. The van der Waals surface area contributed by atoms with E-state index < -0.39 is 0 Å². The van der Waals surface area contributed by atoms with Crippen LogP contribution in [0.15, 0.2) is 41.7 Å². The van der Waals surface area contributed by atoms with Crippen LogP contribution in [0.25, 0.3) is 11.3 Å². The monoisotopic (exact) mass is 327 g/mol. The average Bonchev–Trinajstić information content (AvgIpc) is 3.12. The molecule has 0 N–H and O–H groups in total. The quantitative estimate of drug-likeness (QED) is 0.788. The van der Waals surface area contributed by atoms with Crippen LogP contribution in [0.1, 0.15) is 31.7 Å². The third kappa shape index (κ3) is 3.15. The van der Waals surface area contributed by atoms with Gasteiger partial charge in [-0.3, -0.25) is 4.79 Å². The normalized spacial score (nSPS) is 17.7. The minimum absolute atomic E-state index is 0.249. The topological polar surface area (TPSA) is 38.1 Å². The van der Waals surface area contributed by atoms with E-state index in [2.05, 4.69) is 33.8 Å². The molecule has 0 bridgehead atoms. The lowest BCUT2D eigenvalue weighted by Crippen LogP contribution is -2.29. The third-order valence-electron chi connectivity index (χ3n) is 4.53. The van der Waals surface area contributed by atoms with Crippen LogP contribution in [0.5, 0.6) is 0 Å². The Bertz CT molecular complexity index is 688. The lowest BCUT2D eigenvalue weighted by Gasteiger charge is -2.15. The van der Waals surface area contributed by atoms with Crippen LogP contribution in [0.3, 0.4) is 0 Å². The van der Waals surface area contributed by atoms with E-state index in [-0.39, 0.29) is 5.91 Å². The van der Waals surface area contributed by atoms with Gasteiger partial charge in [0.15, 0.2) is 5.16 Å². The molecule has 1 aromatic carbocycles. The first-order valence-electron chi connectivity index (χ1n) is 8.36. The number of carbonyl (C=O) groups is 1. The lowest BCUT2D eigenvalue weighted by atomic mass is 10.2. The Morgan fingerprint density at radius 1 is 1.17 bits per heavy atom. The summed E-state index contributed by atoms with van der Waals surface area (Å²) in [6.07, 6.45) is 6.67. The predicted octanol–water partition coefficient (Wildman–Crippen LogP) is 3.60. The standard InChI is InChI=1S/C18H21N3OS/c22-17(20-10-4-5-11-20)13-23-18-19-12-16(21(18)15-8-9-15)14-6-2-1-3-7-14/h1-3,6-7,12,15H,4-5,8-11,13H2. The average molecular weight is 327 g/mol. The molecule has 2 aliphatic rings. The molecule has 1 aromatic heterocycles. The summed E-state index contributed by atoms with van der Waals surface area (Å²) in [4.78, 5) is 18.8. The van der Waals surface area contributed by atoms with Gasteiger partial charge in [0.25, 0.3) is 0 Å². The number of carbonyl (C=O) groups excluding carboxylic acids is 1. The van der Waals surface area contributed by atoms with Gasteiger partial charge in [-0.25, -0.2) is 4.98 Å². The number of amides is 1. The Balaban J connectivity index is 1.52. The molecule has 1 saturated carbocycles. The Hall–Kier alpha value is -1.75. The first kappa shape index (κ1) is 14.8. The van der Waals surface area contributed by atoms with E-state index in [0.717, 1.165) is 31.1 Å². The Kier molecular flexibility index (Phi) is 4.12. The number of benzene rings is 1. The molecule has 2 aromatic rings. The molecular weight excluding hydrogens is 306 g/mol. The summed E-state index contributed by atoms with van der Waals surface area (Å²) in [5.74, 6) is 0.747. The summed E-state index contributed by atoms with van der Waals surface area (Å²) in [5.41, 5.74) is 2.37. The summed E-state index contributed by atoms with van der Waals surface area (Å²) in [5, 5.41) is 0.985. The molecule has 1 aliphatic heterocycles. The van der Waals surface area contributed by atoms with Gasteiger partial charge in [0.2, 0.25) is 5.91 Å². The molecule has 120 valence electrons. The highest BCUT2D eigenvalue weighted by Gasteiger charge is 2.29. The van der Waals surface area contributed by atoms with Crippen LogP contribution in [0.4, 0.5) is 0 Å². The molecule has 0 unspecified atom stereocenters. The van der Waals surface area contributed by atoms with Crippen LogP contribution in [0.2, 0.25) is 0 Å². The fourth-order valence-corrected chi connectivity index (χ4v) is 4.09.